The van der Waals surface area contributed by atoms with Crippen molar-refractivity contribution in [1.29, 1.82) is 0 Å². The number of hydrogen-bond donors (Lipinski definition) is 2. The maximum atomic E-state index is 12.7. The van der Waals surface area contributed by atoms with Gasteiger partial charge in [-0.15, -0.1) is 0 Å². The highest BCUT2D eigenvalue weighted by Crippen LogP contribution is 2.36. The number of hydrogen-bond acceptors (Lipinski definition) is 5. The Bertz CT molecular complexity index is 826. The maximum absolute atomic E-state index is 12.7. The van der Waals surface area contributed by atoms with Gasteiger partial charge in [-0.2, -0.15) is 0 Å². The number of piperidine rings is 1. The summed E-state index contributed by atoms with van der Waals surface area (Å²) < 4.78 is 5.39. The van der Waals surface area contributed by atoms with Gasteiger partial charge in [-0.3, -0.25) is 9.78 Å². The standard InChI is InChI=1S/C19H22N2O4/c1-3-13(22)16-15-12(5-4-6-14(15)25-2)21-18(17(16)19(23)24)11-7-9-20-10-8-11/h4-6,11,20H,3,7-10H2,1-2H3,(H,23,24). The fraction of sp³-hybridized carbons (Fsp3) is 0.421. The van der Waals surface area contributed by atoms with E-state index in [1.807, 2.05) is 0 Å². The van der Waals surface area contributed by atoms with Crippen molar-refractivity contribution < 1.29 is 19.4 Å². The summed E-state index contributed by atoms with van der Waals surface area (Å²) in [6.07, 6.45) is 1.84. The molecular weight excluding hydrogens is 320 g/mol. The molecule has 25 heavy (non-hydrogen) atoms. The van der Waals surface area contributed by atoms with Gasteiger partial charge in [0, 0.05) is 17.9 Å². The molecule has 1 aliphatic rings. The Morgan fingerprint density at radius 3 is 2.60 bits per heavy atom. The number of pyridine rings is 1. The largest absolute Gasteiger partial charge is 0.496 e. The predicted octanol–water partition coefficient (Wildman–Crippen LogP) is 3.00. The molecule has 0 saturated carbocycles. The van der Waals surface area contributed by atoms with Gasteiger partial charge in [-0.1, -0.05) is 13.0 Å². The first kappa shape index (κ1) is 17.4. The number of aromatic carboxylic acids is 1. The highest BCUT2D eigenvalue weighted by Gasteiger charge is 2.30. The smallest absolute Gasteiger partial charge is 0.338 e. The van der Waals surface area contributed by atoms with Gasteiger partial charge < -0.3 is 15.2 Å². The Morgan fingerprint density at radius 1 is 1.28 bits per heavy atom. The lowest BCUT2D eigenvalue weighted by atomic mass is 9.86. The molecule has 1 aromatic carbocycles. The van der Waals surface area contributed by atoms with Crippen LogP contribution in [0.15, 0.2) is 18.2 Å². The van der Waals surface area contributed by atoms with Gasteiger partial charge in [0.25, 0.3) is 0 Å². The SMILES string of the molecule is CCC(=O)c1c(C(=O)O)c(C2CCNCC2)nc2cccc(OC)c12. The summed E-state index contributed by atoms with van der Waals surface area (Å²) in [6, 6.07) is 5.34. The molecule has 6 nitrogen and oxygen atoms in total. The molecule has 1 aliphatic heterocycles. The van der Waals surface area contributed by atoms with Crippen LogP contribution in [0.4, 0.5) is 0 Å². The lowest BCUT2D eigenvalue weighted by Crippen LogP contribution is -2.28. The van der Waals surface area contributed by atoms with Crippen molar-refractivity contribution in [2.45, 2.75) is 32.1 Å². The Morgan fingerprint density at radius 2 is 2.00 bits per heavy atom. The minimum absolute atomic E-state index is 0.0337. The molecule has 0 atom stereocenters. The molecule has 6 heteroatoms. The first-order valence-electron chi connectivity index (χ1n) is 8.56. The molecule has 2 heterocycles. The molecular formula is C19H22N2O4. The van der Waals surface area contributed by atoms with Crippen molar-refractivity contribution >= 4 is 22.7 Å². The van der Waals surface area contributed by atoms with E-state index >= 15 is 0 Å². The minimum Gasteiger partial charge on any atom is -0.496 e. The lowest BCUT2D eigenvalue weighted by Gasteiger charge is -2.25. The monoisotopic (exact) mass is 342 g/mol. The first-order chi connectivity index (χ1) is 12.1. The normalized spacial score (nSPS) is 15.3. The molecule has 1 fully saturated rings. The average Bonchev–Trinajstić information content (AvgIpc) is 2.65. The van der Waals surface area contributed by atoms with Crippen molar-refractivity contribution in [1.82, 2.24) is 10.3 Å². The summed E-state index contributed by atoms with van der Waals surface area (Å²) in [5.41, 5.74) is 1.39. The van der Waals surface area contributed by atoms with Gasteiger partial charge in [-0.25, -0.2) is 4.79 Å². The Kier molecular flexibility index (Phi) is 4.99. The second kappa shape index (κ2) is 7.19. The van der Waals surface area contributed by atoms with E-state index in [1.54, 1.807) is 25.1 Å². The van der Waals surface area contributed by atoms with E-state index in [0.717, 1.165) is 25.9 Å². The van der Waals surface area contributed by atoms with E-state index in [-0.39, 0.29) is 29.2 Å². The Labute approximate surface area is 146 Å². The molecule has 1 saturated heterocycles. The number of fused-ring (bicyclic) bond motifs is 1. The maximum Gasteiger partial charge on any atom is 0.338 e. The lowest BCUT2D eigenvalue weighted by molar-refractivity contribution is 0.0689. The number of carboxylic acids is 1. The van der Waals surface area contributed by atoms with Gasteiger partial charge >= 0.3 is 5.97 Å². The summed E-state index contributed by atoms with van der Waals surface area (Å²) in [4.78, 5) is 29.5. The molecule has 2 N–H and O–H groups in total. The van der Waals surface area contributed by atoms with E-state index in [4.69, 9.17) is 4.74 Å². The quantitative estimate of drug-likeness (QED) is 0.812. The molecule has 0 unspecified atom stereocenters. The van der Waals surface area contributed by atoms with Crippen molar-refractivity contribution in [2.24, 2.45) is 0 Å². The molecule has 0 aliphatic carbocycles. The van der Waals surface area contributed by atoms with E-state index in [2.05, 4.69) is 10.3 Å². The van der Waals surface area contributed by atoms with E-state index < -0.39 is 5.97 Å². The zero-order valence-electron chi connectivity index (χ0n) is 14.5. The summed E-state index contributed by atoms with van der Waals surface area (Å²) in [5.74, 6) is -0.803. The van der Waals surface area contributed by atoms with Gasteiger partial charge in [0.15, 0.2) is 5.78 Å². The third-order valence-electron chi connectivity index (χ3n) is 4.76. The number of carboxylic acid groups (broad SMARTS) is 1. The number of ketones is 1. The summed E-state index contributed by atoms with van der Waals surface area (Å²) >= 11 is 0. The topological polar surface area (TPSA) is 88.5 Å². The average molecular weight is 342 g/mol. The number of benzene rings is 1. The van der Waals surface area contributed by atoms with Crippen molar-refractivity contribution in [3.63, 3.8) is 0 Å². The molecule has 3 rings (SSSR count). The van der Waals surface area contributed by atoms with Crippen LogP contribution in [0.5, 0.6) is 5.75 Å². The number of Topliss-reactive ketones (excluding diaryl/α,β-unsaturated/α-hetero) is 1. The van der Waals surface area contributed by atoms with Gasteiger partial charge in [0.1, 0.15) is 5.75 Å². The van der Waals surface area contributed by atoms with Crippen LogP contribution in [0.1, 0.15) is 58.5 Å². The van der Waals surface area contributed by atoms with Crippen LogP contribution in [0, 0.1) is 0 Å². The Hall–Kier alpha value is -2.47. The molecule has 1 aromatic heterocycles. The van der Waals surface area contributed by atoms with Crippen LogP contribution in [0.25, 0.3) is 10.9 Å². The molecule has 0 spiro atoms. The molecule has 132 valence electrons. The highest BCUT2D eigenvalue weighted by atomic mass is 16.5. The van der Waals surface area contributed by atoms with Crippen LogP contribution in [0.2, 0.25) is 0 Å². The predicted molar refractivity (Wildman–Crippen MR) is 94.7 cm³/mol. The Balaban J connectivity index is 2.38. The first-order valence-corrected chi connectivity index (χ1v) is 8.56. The van der Waals surface area contributed by atoms with Crippen LogP contribution in [-0.4, -0.2) is 42.0 Å². The van der Waals surface area contributed by atoms with Crippen molar-refractivity contribution in [2.75, 3.05) is 20.2 Å². The van der Waals surface area contributed by atoms with Crippen LogP contribution < -0.4 is 10.1 Å². The number of aromatic nitrogens is 1. The van der Waals surface area contributed by atoms with Gasteiger partial charge in [0.2, 0.25) is 0 Å². The molecule has 0 radical (unpaired) electrons. The summed E-state index contributed by atoms with van der Waals surface area (Å²) in [5, 5.41) is 13.7. The number of nitrogens with zero attached hydrogens (tertiary/aromatic N) is 1. The molecule has 0 bridgehead atoms. The highest BCUT2D eigenvalue weighted by molar-refractivity contribution is 6.16. The number of ether oxygens (including phenoxy) is 1. The number of carbonyl (C=O) groups excluding carboxylic acids is 1. The fourth-order valence-corrected chi connectivity index (χ4v) is 3.54. The van der Waals surface area contributed by atoms with Crippen LogP contribution in [-0.2, 0) is 0 Å². The van der Waals surface area contributed by atoms with Crippen LogP contribution >= 0.6 is 0 Å². The number of methoxy groups -OCH3 is 1. The third kappa shape index (κ3) is 3.09. The van der Waals surface area contributed by atoms with E-state index in [9.17, 15) is 14.7 Å². The van der Waals surface area contributed by atoms with Gasteiger partial charge in [0.05, 0.1) is 29.3 Å². The van der Waals surface area contributed by atoms with Gasteiger partial charge in [-0.05, 0) is 38.1 Å². The molecule has 0 amide bonds. The van der Waals surface area contributed by atoms with Crippen molar-refractivity contribution in [3.05, 3.63) is 35.0 Å². The number of carbonyl (C=O) groups is 2. The summed E-state index contributed by atoms with van der Waals surface area (Å²) in [6.45, 7) is 3.37. The minimum atomic E-state index is -1.11. The second-order valence-corrected chi connectivity index (χ2v) is 6.21. The zero-order chi connectivity index (χ0) is 18.0. The summed E-state index contributed by atoms with van der Waals surface area (Å²) in [7, 11) is 1.51. The fourth-order valence-electron chi connectivity index (χ4n) is 3.54. The number of rotatable bonds is 5. The molecule has 2 aromatic rings. The zero-order valence-corrected chi connectivity index (χ0v) is 14.5. The number of nitrogens with one attached hydrogen (secondary N) is 1. The second-order valence-electron chi connectivity index (χ2n) is 6.21. The van der Waals surface area contributed by atoms with E-state index in [0.29, 0.717) is 22.3 Å². The van der Waals surface area contributed by atoms with Crippen molar-refractivity contribution in [3.8, 4) is 5.75 Å². The third-order valence-corrected chi connectivity index (χ3v) is 4.76. The van der Waals surface area contributed by atoms with Crippen LogP contribution in [0.3, 0.4) is 0 Å². The van der Waals surface area contributed by atoms with E-state index in [1.165, 1.54) is 7.11 Å².